The maximum absolute atomic E-state index is 5.75. The first kappa shape index (κ1) is 13.1. The molecule has 1 aromatic rings. The van der Waals surface area contributed by atoms with Gasteiger partial charge in [-0.25, -0.2) is 0 Å². The molecule has 0 aliphatic heterocycles. The van der Waals surface area contributed by atoms with Gasteiger partial charge in [-0.1, -0.05) is 0 Å². The van der Waals surface area contributed by atoms with Crippen LogP contribution in [0.1, 0.15) is 10.9 Å². The third-order valence-corrected chi connectivity index (χ3v) is 3.86. The number of nitrogens with zero attached hydrogens (tertiary/aromatic N) is 1. The molecule has 3 nitrogen and oxygen atoms in total. The van der Waals surface area contributed by atoms with Gasteiger partial charge >= 0.3 is 0 Å². The summed E-state index contributed by atoms with van der Waals surface area (Å²) in [6, 6.07) is 4.46. The van der Waals surface area contributed by atoms with E-state index in [1.165, 1.54) is 4.88 Å². The van der Waals surface area contributed by atoms with E-state index in [0.29, 0.717) is 6.54 Å². The summed E-state index contributed by atoms with van der Waals surface area (Å²) in [6.45, 7) is 2.63. The largest absolute Gasteiger partial charge is 0.329 e. The van der Waals surface area contributed by atoms with Crippen LogP contribution < -0.4 is 11.1 Å². The minimum atomic E-state index is 0.279. The summed E-state index contributed by atoms with van der Waals surface area (Å²) in [6.07, 6.45) is 0. The van der Waals surface area contributed by atoms with E-state index in [0.717, 1.165) is 16.9 Å². The highest BCUT2D eigenvalue weighted by molar-refractivity contribution is 9.11. The van der Waals surface area contributed by atoms with Crippen LogP contribution in [0.4, 0.5) is 0 Å². The fourth-order valence-corrected chi connectivity index (χ4v) is 2.79. The van der Waals surface area contributed by atoms with Gasteiger partial charge in [-0.15, -0.1) is 11.3 Å². The molecule has 0 spiro atoms. The average Bonchev–Trinajstić information content (AvgIpc) is 2.59. The van der Waals surface area contributed by atoms with Crippen LogP contribution in [0, 0.1) is 0 Å². The van der Waals surface area contributed by atoms with Crippen LogP contribution in [0.15, 0.2) is 15.9 Å². The van der Waals surface area contributed by atoms with Crippen LogP contribution in [0.2, 0.25) is 0 Å². The standard InChI is InChI=1S/C10H18BrN3S/c1-14(2)6-5-13-8(7-12)9-3-4-10(11)15-9/h3-4,8,13H,5-7,12H2,1-2H3. The Hall–Kier alpha value is 0.0600. The molecular weight excluding hydrogens is 274 g/mol. The van der Waals surface area contributed by atoms with E-state index in [2.05, 4.69) is 52.4 Å². The smallest absolute Gasteiger partial charge is 0.0702 e. The summed E-state index contributed by atoms with van der Waals surface area (Å²) in [5.74, 6) is 0. The van der Waals surface area contributed by atoms with Gasteiger partial charge in [-0.2, -0.15) is 0 Å². The first-order chi connectivity index (χ1) is 7.13. The van der Waals surface area contributed by atoms with E-state index in [1.807, 2.05) is 0 Å². The fraction of sp³-hybridized carbons (Fsp3) is 0.600. The number of hydrogen-bond acceptors (Lipinski definition) is 4. The van der Waals surface area contributed by atoms with Crippen molar-refractivity contribution in [2.45, 2.75) is 6.04 Å². The molecule has 1 heterocycles. The number of nitrogens with one attached hydrogen (secondary N) is 1. The number of thiophene rings is 1. The van der Waals surface area contributed by atoms with E-state index >= 15 is 0 Å². The van der Waals surface area contributed by atoms with Crippen LogP contribution >= 0.6 is 27.3 Å². The van der Waals surface area contributed by atoms with Crippen LogP contribution in [0.3, 0.4) is 0 Å². The molecule has 0 saturated carbocycles. The van der Waals surface area contributed by atoms with Crippen molar-refractivity contribution in [3.05, 3.63) is 20.8 Å². The van der Waals surface area contributed by atoms with Crippen molar-refractivity contribution in [3.63, 3.8) is 0 Å². The zero-order chi connectivity index (χ0) is 11.3. The fourth-order valence-electron chi connectivity index (χ4n) is 1.28. The SMILES string of the molecule is CN(C)CCNC(CN)c1ccc(Br)s1. The van der Waals surface area contributed by atoms with Gasteiger partial charge in [0, 0.05) is 24.5 Å². The summed E-state index contributed by atoms with van der Waals surface area (Å²) < 4.78 is 1.16. The molecule has 5 heteroatoms. The quantitative estimate of drug-likeness (QED) is 0.838. The molecule has 0 aliphatic carbocycles. The molecule has 1 aromatic heterocycles. The first-order valence-electron chi connectivity index (χ1n) is 4.97. The normalized spacial score (nSPS) is 13.4. The lowest BCUT2D eigenvalue weighted by Crippen LogP contribution is -2.33. The number of likely N-dealkylation sites (N-methyl/N-ethyl adjacent to an activating group) is 1. The molecule has 1 unspecified atom stereocenters. The summed E-state index contributed by atoms with van der Waals surface area (Å²) in [5, 5.41) is 3.45. The molecule has 0 saturated heterocycles. The molecule has 0 aliphatic rings. The number of hydrogen-bond donors (Lipinski definition) is 2. The lowest BCUT2D eigenvalue weighted by Gasteiger charge is -2.17. The second-order valence-electron chi connectivity index (χ2n) is 3.69. The second kappa shape index (κ2) is 6.60. The Balaban J connectivity index is 2.42. The average molecular weight is 292 g/mol. The topological polar surface area (TPSA) is 41.3 Å². The van der Waals surface area contributed by atoms with Crippen LogP contribution in [-0.2, 0) is 0 Å². The molecule has 15 heavy (non-hydrogen) atoms. The number of halogens is 1. The van der Waals surface area contributed by atoms with Gasteiger partial charge < -0.3 is 16.0 Å². The van der Waals surface area contributed by atoms with Crippen molar-refractivity contribution < 1.29 is 0 Å². The van der Waals surface area contributed by atoms with E-state index in [-0.39, 0.29) is 6.04 Å². The molecule has 0 aromatic carbocycles. The zero-order valence-electron chi connectivity index (χ0n) is 9.16. The van der Waals surface area contributed by atoms with E-state index in [9.17, 15) is 0 Å². The first-order valence-corrected chi connectivity index (χ1v) is 6.58. The minimum Gasteiger partial charge on any atom is -0.329 e. The highest BCUT2D eigenvalue weighted by Crippen LogP contribution is 2.26. The Kier molecular flexibility index (Phi) is 5.78. The van der Waals surface area contributed by atoms with Gasteiger partial charge in [-0.05, 0) is 42.2 Å². The van der Waals surface area contributed by atoms with Crippen LogP contribution in [-0.4, -0.2) is 38.6 Å². The Morgan fingerprint density at radius 3 is 2.73 bits per heavy atom. The lowest BCUT2D eigenvalue weighted by atomic mass is 10.2. The summed E-state index contributed by atoms with van der Waals surface area (Å²) in [4.78, 5) is 3.45. The van der Waals surface area contributed by atoms with Gasteiger partial charge in [0.25, 0.3) is 0 Å². The maximum atomic E-state index is 5.75. The van der Waals surface area contributed by atoms with Crippen LogP contribution in [0.5, 0.6) is 0 Å². The molecule has 86 valence electrons. The Labute approximate surface area is 104 Å². The maximum Gasteiger partial charge on any atom is 0.0702 e. The Morgan fingerprint density at radius 1 is 1.53 bits per heavy atom. The van der Waals surface area contributed by atoms with E-state index in [1.54, 1.807) is 11.3 Å². The van der Waals surface area contributed by atoms with Gasteiger partial charge in [0.05, 0.1) is 9.83 Å². The third-order valence-electron chi connectivity index (χ3n) is 2.12. The molecule has 1 atom stereocenters. The number of rotatable bonds is 6. The molecule has 3 N–H and O–H groups in total. The van der Waals surface area contributed by atoms with Crippen molar-refractivity contribution in [2.75, 3.05) is 33.7 Å². The van der Waals surface area contributed by atoms with Gasteiger partial charge in [0.1, 0.15) is 0 Å². The van der Waals surface area contributed by atoms with Gasteiger partial charge in [0.15, 0.2) is 0 Å². The monoisotopic (exact) mass is 291 g/mol. The third kappa shape index (κ3) is 4.61. The molecule has 0 fully saturated rings. The summed E-state index contributed by atoms with van der Waals surface area (Å²) in [5.41, 5.74) is 5.75. The van der Waals surface area contributed by atoms with Crippen molar-refractivity contribution >= 4 is 27.3 Å². The van der Waals surface area contributed by atoms with Gasteiger partial charge in [-0.3, -0.25) is 0 Å². The summed E-state index contributed by atoms with van der Waals surface area (Å²) >= 11 is 5.20. The van der Waals surface area contributed by atoms with Crippen molar-refractivity contribution in [1.82, 2.24) is 10.2 Å². The van der Waals surface area contributed by atoms with Crippen LogP contribution in [0.25, 0.3) is 0 Å². The van der Waals surface area contributed by atoms with Crippen molar-refractivity contribution in [2.24, 2.45) is 5.73 Å². The highest BCUT2D eigenvalue weighted by Gasteiger charge is 2.10. The molecule has 0 amide bonds. The predicted molar refractivity (Wildman–Crippen MR) is 70.4 cm³/mol. The molecule has 0 radical (unpaired) electrons. The predicted octanol–water partition coefficient (Wildman–Crippen LogP) is 1.66. The van der Waals surface area contributed by atoms with Crippen molar-refractivity contribution in [3.8, 4) is 0 Å². The lowest BCUT2D eigenvalue weighted by molar-refractivity contribution is 0.386. The second-order valence-corrected chi connectivity index (χ2v) is 6.18. The highest BCUT2D eigenvalue weighted by atomic mass is 79.9. The number of nitrogens with two attached hydrogens (primary N) is 1. The molecule has 1 rings (SSSR count). The van der Waals surface area contributed by atoms with Gasteiger partial charge in [0.2, 0.25) is 0 Å². The Bertz CT molecular complexity index is 288. The molecule has 0 bridgehead atoms. The summed E-state index contributed by atoms with van der Waals surface area (Å²) in [7, 11) is 4.14. The minimum absolute atomic E-state index is 0.279. The molecular formula is C10H18BrN3S. The van der Waals surface area contributed by atoms with E-state index in [4.69, 9.17) is 5.73 Å². The zero-order valence-corrected chi connectivity index (χ0v) is 11.6. The van der Waals surface area contributed by atoms with E-state index < -0.39 is 0 Å². The van der Waals surface area contributed by atoms with Crippen molar-refractivity contribution in [1.29, 1.82) is 0 Å². The Morgan fingerprint density at radius 2 is 2.27 bits per heavy atom.